The van der Waals surface area contributed by atoms with Gasteiger partial charge in [0.1, 0.15) is 28.7 Å². The fourth-order valence-corrected chi connectivity index (χ4v) is 5.56. The van der Waals surface area contributed by atoms with Gasteiger partial charge in [-0.2, -0.15) is 0 Å². The average molecular weight is 492 g/mol. The average Bonchev–Trinajstić information content (AvgIpc) is 3.54. The number of nitrogens with two attached hydrogens (primary N) is 1. The maximum Gasteiger partial charge on any atom is 0.275 e. The van der Waals surface area contributed by atoms with Crippen molar-refractivity contribution >= 4 is 50.5 Å². The molecule has 0 unspecified atom stereocenters. The summed E-state index contributed by atoms with van der Waals surface area (Å²) in [6.07, 6.45) is 0. The largest absolute Gasteiger partial charge is 0.492 e. The zero-order chi connectivity index (χ0) is 23.8. The molecule has 4 heterocycles. The Labute approximate surface area is 203 Å². The smallest absolute Gasteiger partial charge is 0.275 e. The van der Waals surface area contributed by atoms with Gasteiger partial charge in [-0.3, -0.25) is 14.9 Å². The van der Waals surface area contributed by atoms with Crippen LogP contribution in [0.4, 0.5) is 5.82 Å². The van der Waals surface area contributed by atoms with Crippen LogP contribution in [0.15, 0.2) is 53.0 Å². The molecule has 8 nitrogen and oxygen atoms in total. The fourth-order valence-electron chi connectivity index (χ4n) is 3.71. The highest BCUT2D eigenvalue weighted by atomic mass is 32.1. The Morgan fingerprint density at radius 3 is 2.53 bits per heavy atom. The standard InChI is InChI=1S/C24H21N5O3S2/c1-12-17-21(26-18-13(2)22(30)29-23(18)31)27-20(16-4-3-11-33-16)28-24(17)34-19(12)14-5-7-15(8-6-14)32-10-9-25/h3-8,11H,9-10,25H2,1-2H3,(H2,26,27,28,29,30,31). The highest BCUT2D eigenvalue weighted by Crippen LogP contribution is 2.42. The molecule has 0 fully saturated rings. The number of aryl methyl sites for hydroxylation is 1. The van der Waals surface area contributed by atoms with Crippen LogP contribution in [0.1, 0.15) is 12.5 Å². The first-order valence-corrected chi connectivity index (χ1v) is 12.3. The summed E-state index contributed by atoms with van der Waals surface area (Å²) in [6, 6.07) is 11.7. The molecule has 0 aliphatic carbocycles. The molecule has 0 saturated heterocycles. The highest BCUT2D eigenvalue weighted by Gasteiger charge is 2.29. The summed E-state index contributed by atoms with van der Waals surface area (Å²) in [7, 11) is 0. The summed E-state index contributed by atoms with van der Waals surface area (Å²) >= 11 is 3.09. The van der Waals surface area contributed by atoms with Crippen LogP contribution < -0.4 is 21.1 Å². The monoisotopic (exact) mass is 491 g/mol. The fraction of sp³-hybridized carbons (Fsp3) is 0.167. The molecule has 0 saturated carbocycles. The molecule has 1 aliphatic heterocycles. The van der Waals surface area contributed by atoms with Gasteiger partial charge in [0.15, 0.2) is 5.82 Å². The number of benzene rings is 1. The quantitative estimate of drug-likeness (QED) is 0.333. The third-order valence-electron chi connectivity index (χ3n) is 5.45. The number of carbonyl (C=O) groups excluding carboxylic acids is 2. The van der Waals surface area contributed by atoms with E-state index in [2.05, 4.69) is 10.6 Å². The normalized spacial score (nSPS) is 13.6. The number of anilines is 1. The third kappa shape index (κ3) is 3.96. The molecule has 0 radical (unpaired) electrons. The Hall–Kier alpha value is -3.60. The number of nitrogens with zero attached hydrogens (tertiary/aromatic N) is 2. The minimum absolute atomic E-state index is 0.204. The van der Waals surface area contributed by atoms with Gasteiger partial charge >= 0.3 is 0 Å². The minimum atomic E-state index is -0.465. The van der Waals surface area contributed by atoms with E-state index in [0.29, 0.717) is 30.4 Å². The predicted octanol–water partition coefficient (Wildman–Crippen LogP) is 4.08. The molecule has 2 amide bonds. The van der Waals surface area contributed by atoms with Crippen molar-refractivity contribution < 1.29 is 14.3 Å². The number of fused-ring (bicyclic) bond motifs is 1. The number of nitrogens with one attached hydrogen (secondary N) is 2. The van der Waals surface area contributed by atoms with Crippen LogP contribution in [-0.2, 0) is 9.59 Å². The summed E-state index contributed by atoms with van der Waals surface area (Å²) in [6.45, 7) is 4.54. The van der Waals surface area contributed by atoms with Crippen LogP contribution in [0.5, 0.6) is 5.75 Å². The van der Waals surface area contributed by atoms with E-state index in [0.717, 1.165) is 36.8 Å². The van der Waals surface area contributed by atoms with Crippen molar-refractivity contribution in [2.75, 3.05) is 18.5 Å². The van der Waals surface area contributed by atoms with Crippen molar-refractivity contribution in [2.24, 2.45) is 5.73 Å². The first kappa shape index (κ1) is 22.2. The van der Waals surface area contributed by atoms with E-state index in [1.165, 1.54) is 11.3 Å². The molecule has 0 bridgehead atoms. The van der Waals surface area contributed by atoms with E-state index in [-0.39, 0.29) is 5.70 Å². The second-order valence-corrected chi connectivity index (χ2v) is 9.63. The number of hydrogen-bond acceptors (Lipinski definition) is 9. The molecular formula is C24H21N5O3S2. The Morgan fingerprint density at radius 2 is 1.88 bits per heavy atom. The summed E-state index contributed by atoms with van der Waals surface area (Å²) in [5, 5.41) is 8.23. The van der Waals surface area contributed by atoms with Crippen molar-refractivity contribution in [3.05, 3.63) is 58.6 Å². The van der Waals surface area contributed by atoms with Crippen molar-refractivity contribution in [1.82, 2.24) is 15.3 Å². The zero-order valence-electron chi connectivity index (χ0n) is 18.5. The first-order valence-electron chi connectivity index (χ1n) is 10.6. The summed E-state index contributed by atoms with van der Waals surface area (Å²) < 4.78 is 5.59. The Kier molecular flexibility index (Phi) is 5.86. The summed E-state index contributed by atoms with van der Waals surface area (Å²) in [4.78, 5) is 36.7. The number of amides is 2. The maximum absolute atomic E-state index is 12.4. The van der Waals surface area contributed by atoms with Gasteiger partial charge in [0.25, 0.3) is 11.8 Å². The predicted molar refractivity (Wildman–Crippen MR) is 135 cm³/mol. The molecule has 34 heavy (non-hydrogen) atoms. The van der Waals surface area contributed by atoms with Crippen LogP contribution >= 0.6 is 22.7 Å². The molecular weight excluding hydrogens is 470 g/mol. The number of carbonyl (C=O) groups is 2. The van der Waals surface area contributed by atoms with E-state index >= 15 is 0 Å². The van der Waals surface area contributed by atoms with Crippen LogP contribution in [-0.4, -0.2) is 34.9 Å². The third-order valence-corrected chi connectivity index (χ3v) is 7.55. The van der Waals surface area contributed by atoms with Crippen LogP contribution in [0.2, 0.25) is 0 Å². The van der Waals surface area contributed by atoms with Crippen LogP contribution in [0.25, 0.3) is 31.4 Å². The van der Waals surface area contributed by atoms with Crippen molar-refractivity contribution in [1.29, 1.82) is 0 Å². The maximum atomic E-state index is 12.4. The zero-order valence-corrected chi connectivity index (χ0v) is 20.1. The van der Waals surface area contributed by atoms with Gasteiger partial charge in [-0.1, -0.05) is 6.07 Å². The molecule has 1 aromatic carbocycles. The lowest BCUT2D eigenvalue weighted by Crippen LogP contribution is -2.24. The molecule has 3 aromatic heterocycles. The van der Waals surface area contributed by atoms with E-state index in [1.807, 2.05) is 48.7 Å². The lowest BCUT2D eigenvalue weighted by atomic mass is 10.1. The van der Waals surface area contributed by atoms with Gasteiger partial charge in [0.05, 0.1) is 10.3 Å². The van der Waals surface area contributed by atoms with Gasteiger partial charge in [-0.05, 0) is 60.7 Å². The van der Waals surface area contributed by atoms with Gasteiger partial charge in [0.2, 0.25) is 0 Å². The summed E-state index contributed by atoms with van der Waals surface area (Å²) in [5.41, 5.74) is 8.06. The number of ether oxygens (including phenoxy) is 1. The van der Waals surface area contributed by atoms with Gasteiger partial charge in [0, 0.05) is 17.0 Å². The number of imide groups is 1. The highest BCUT2D eigenvalue weighted by molar-refractivity contribution is 7.22. The number of rotatable bonds is 7. The SMILES string of the molecule is CC1=C(Nc2nc(-c3cccs3)nc3sc(-c4ccc(OCCN)cc4)c(C)c23)C(=O)NC1=O. The second kappa shape index (κ2) is 8.98. The molecule has 0 atom stereocenters. The van der Waals surface area contributed by atoms with Crippen LogP contribution in [0, 0.1) is 6.92 Å². The van der Waals surface area contributed by atoms with Crippen molar-refractivity contribution in [3.8, 4) is 26.9 Å². The number of thiophene rings is 2. The van der Waals surface area contributed by atoms with E-state index in [4.69, 9.17) is 20.4 Å². The molecule has 1 aliphatic rings. The molecule has 4 aromatic rings. The van der Waals surface area contributed by atoms with E-state index < -0.39 is 11.8 Å². The molecule has 172 valence electrons. The second-order valence-electron chi connectivity index (χ2n) is 7.68. The van der Waals surface area contributed by atoms with Crippen molar-refractivity contribution in [3.63, 3.8) is 0 Å². The lowest BCUT2D eigenvalue weighted by molar-refractivity contribution is -0.124. The minimum Gasteiger partial charge on any atom is -0.492 e. The molecule has 4 N–H and O–H groups in total. The van der Waals surface area contributed by atoms with Gasteiger partial charge < -0.3 is 15.8 Å². The first-order chi connectivity index (χ1) is 16.5. The Morgan fingerprint density at radius 1 is 1.09 bits per heavy atom. The number of aromatic nitrogens is 2. The molecule has 10 heteroatoms. The Balaban J connectivity index is 1.63. The Bertz CT molecular complexity index is 1440. The molecule has 5 rings (SSSR count). The van der Waals surface area contributed by atoms with Gasteiger partial charge in [-0.15, -0.1) is 22.7 Å². The van der Waals surface area contributed by atoms with E-state index in [1.54, 1.807) is 18.3 Å². The summed E-state index contributed by atoms with van der Waals surface area (Å²) in [5.74, 6) is 0.945. The van der Waals surface area contributed by atoms with E-state index in [9.17, 15) is 9.59 Å². The van der Waals surface area contributed by atoms with Gasteiger partial charge in [-0.25, -0.2) is 9.97 Å². The topological polar surface area (TPSA) is 119 Å². The van der Waals surface area contributed by atoms with Crippen molar-refractivity contribution in [2.45, 2.75) is 13.8 Å². The lowest BCUT2D eigenvalue weighted by Gasteiger charge is -2.10. The van der Waals surface area contributed by atoms with Crippen LogP contribution in [0.3, 0.4) is 0 Å². The molecule has 0 spiro atoms. The number of hydrogen-bond donors (Lipinski definition) is 3.